The van der Waals surface area contributed by atoms with E-state index in [1.54, 1.807) is 0 Å². The summed E-state index contributed by atoms with van der Waals surface area (Å²) in [5.74, 6) is -0.601. The number of phosphoric acid groups is 2. The highest BCUT2D eigenvalue weighted by Gasteiger charge is 2.30. The van der Waals surface area contributed by atoms with Crippen LogP contribution >= 0.6 is 15.6 Å². The zero-order valence-corrected chi connectivity index (χ0v) is 58.1. The van der Waals surface area contributed by atoms with Crippen LogP contribution in [0.1, 0.15) is 343 Å². The Morgan fingerprint density at radius 1 is 0.322 bits per heavy atom. The molecular weight excluding hydrogens is 1150 g/mol. The van der Waals surface area contributed by atoms with Crippen molar-refractivity contribution in [3.05, 3.63) is 0 Å². The summed E-state index contributed by atoms with van der Waals surface area (Å²) in [5, 5.41) is 10.6. The number of hydrogen-bond acceptors (Lipinski definition) is 15. The Kier molecular flexibility index (Phi) is 59.0. The molecule has 0 spiro atoms. The molecule has 0 amide bonds. The second-order valence-electron chi connectivity index (χ2n) is 25.0. The van der Waals surface area contributed by atoms with Crippen molar-refractivity contribution in [2.45, 2.75) is 362 Å². The van der Waals surface area contributed by atoms with Gasteiger partial charge in [0.25, 0.3) is 0 Å². The molecule has 0 heterocycles. The van der Waals surface area contributed by atoms with E-state index < -0.39 is 97.5 Å². The molecular formula is C68H132O17P2. The second-order valence-corrected chi connectivity index (χ2v) is 28.0. The van der Waals surface area contributed by atoms with Gasteiger partial charge in [-0.15, -0.1) is 0 Å². The third-order valence-corrected chi connectivity index (χ3v) is 18.3. The van der Waals surface area contributed by atoms with Crippen LogP contribution in [-0.2, 0) is 65.4 Å². The van der Waals surface area contributed by atoms with Crippen LogP contribution in [0.3, 0.4) is 0 Å². The van der Waals surface area contributed by atoms with Crippen molar-refractivity contribution in [1.82, 2.24) is 0 Å². The van der Waals surface area contributed by atoms with E-state index in [2.05, 4.69) is 41.5 Å². The highest BCUT2D eigenvalue weighted by Crippen LogP contribution is 2.45. The van der Waals surface area contributed by atoms with E-state index in [0.717, 1.165) is 108 Å². The molecule has 0 saturated carbocycles. The average molecular weight is 1280 g/mol. The lowest BCUT2D eigenvalue weighted by molar-refractivity contribution is -0.161. The first-order valence-corrected chi connectivity index (χ1v) is 38.6. The number of ether oxygens (including phenoxy) is 4. The zero-order chi connectivity index (χ0) is 64.3. The summed E-state index contributed by atoms with van der Waals surface area (Å²) in [7, 11) is -9.89. The molecule has 0 aliphatic heterocycles. The zero-order valence-electron chi connectivity index (χ0n) is 56.3. The molecule has 0 fully saturated rings. The van der Waals surface area contributed by atoms with Crippen molar-refractivity contribution in [3.63, 3.8) is 0 Å². The fraction of sp³-hybridized carbons (Fsp3) is 0.941. The van der Waals surface area contributed by atoms with Crippen LogP contribution < -0.4 is 0 Å². The predicted octanol–water partition coefficient (Wildman–Crippen LogP) is 19.2. The van der Waals surface area contributed by atoms with Crippen LogP contribution in [-0.4, -0.2) is 96.7 Å². The monoisotopic (exact) mass is 1280 g/mol. The van der Waals surface area contributed by atoms with Gasteiger partial charge in [-0.05, 0) is 37.5 Å². The van der Waals surface area contributed by atoms with Gasteiger partial charge in [-0.1, -0.05) is 292 Å². The first-order chi connectivity index (χ1) is 41.9. The van der Waals surface area contributed by atoms with Crippen LogP contribution in [0.15, 0.2) is 0 Å². The van der Waals surface area contributed by atoms with Gasteiger partial charge in [0.2, 0.25) is 0 Å². The summed E-state index contributed by atoms with van der Waals surface area (Å²) in [5.41, 5.74) is 0. The van der Waals surface area contributed by atoms with E-state index in [0.29, 0.717) is 25.7 Å². The Labute approximate surface area is 530 Å². The van der Waals surface area contributed by atoms with Crippen LogP contribution in [0.4, 0.5) is 0 Å². The van der Waals surface area contributed by atoms with Gasteiger partial charge < -0.3 is 33.8 Å². The maximum Gasteiger partial charge on any atom is 0.472 e. The first kappa shape index (κ1) is 85.1. The molecule has 0 aliphatic carbocycles. The molecule has 516 valence electrons. The quantitative estimate of drug-likeness (QED) is 0.0222. The maximum atomic E-state index is 13.0. The normalized spacial score (nSPS) is 14.8. The van der Waals surface area contributed by atoms with E-state index in [1.807, 2.05) is 0 Å². The van der Waals surface area contributed by atoms with E-state index in [4.69, 9.17) is 37.0 Å². The summed E-state index contributed by atoms with van der Waals surface area (Å²) in [6.07, 6.45) is 44.4. The second kappa shape index (κ2) is 60.3. The Morgan fingerprint density at radius 2 is 0.552 bits per heavy atom. The predicted molar refractivity (Wildman–Crippen MR) is 349 cm³/mol. The lowest BCUT2D eigenvalue weighted by atomic mass is 9.99. The summed E-state index contributed by atoms with van der Waals surface area (Å²) in [6, 6.07) is 0. The fourth-order valence-electron chi connectivity index (χ4n) is 10.2. The topological polar surface area (TPSA) is 237 Å². The van der Waals surface area contributed by atoms with Gasteiger partial charge in [-0.25, -0.2) is 9.13 Å². The molecule has 0 aromatic rings. The number of phosphoric ester groups is 2. The molecule has 0 saturated heterocycles. The van der Waals surface area contributed by atoms with Crippen molar-refractivity contribution >= 4 is 39.5 Å². The minimum Gasteiger partial charge on any atom is -0.462 e. The van der Waals surface area contributed by atoms with Crippen molar-refractivity contribution in [3.8, 4) is 0 Å². The Bertz CT molecular complexity index is 1700. The highest BCUT2D eigenvalue weighted by atomic mass is 31.2. The number of hydrogen-bond donors (Lipinski definition) is 3. The molecule has 4 unspecified atom stereocenters. The fourth-order valence-corrected chi connectivity index (χ4v) is 11.8. The number of aliphatic hydroxyl groups is 1. The van der Waals surface area contributed by atoms with Gasteiger partial charge in [0.1, 0.15) is 19.3 Å². The standard InChI is InChI=1S/C68H132O17P2/c1-7-11-13-15-17-19-20-21-22-23-24-29-33-40-46-52-67(72)84-63(56-79-66(71)51-45-39-32-28-26-25-27-30-36-42-48-60(5)9-3)58-82-86(74,75)80-54-62(69)55-81-87(76,77)83-59-64(57-78-65(70)50-44-38-31-18-16-14-12-8-2)85-68(73)53-47-41-35-34-37-43-49-61(6)10-4/h60-64,69H,7-59H2,1-6H3,(H,74,75)(H,76,77)/t60?,61?,62-,63-,64-/m1/s1. The minimum atomic E-state index is -4.95. The molecule has 0 bridgehead atoms. The number of aliphatic hydroxyl groups excluding tert-OH is 1. The van der Waals surface area contributed by atoms with Crippen LogP contribution in [0.5, 0.6) is 0 Å². The number of carbonyl (C=O) groups is 4. The SMILES string of the molecule is CCCCCCCCCCCCCCCCCC(=O)O[C@H](COC(=O)CCCCCCCCCCCCC(C)CC)COP(=O)(O)OC[C@@H](O)COP(=O)(O)OC[C@@H](COC(=O)CCCCCCCCCC)OC(=O)CCCCCCCCC(C)CC. The highest BCUT2D eigenvalue weighted by molar-refractivity contribution is 7.47. The Balaban J connectivity index is 5.23. The van der Waals surface area contributed by atoms with Crippen molar-refractivity contribution < 1.29 is 80.2 Å². The van der Waals surface area contributed by atoms with E-state index >= 15 is 0 Å². The van der Waals surface area contributed by atoms with Gasteiger partial charge in [0, 0.05) is 25.7 Å². The Hall–Kier alpha value is -1.94. The molecule has 17 nitrogen and oxygen atoms in total. The number of rotatable bonds is 67. The summed E-state index contributed by atoms with van der Waals surface area (Å²) in [4.78, 5) is 72.4. The van der Waals surface area contributed by atoms with Gasteiger partial charge in [0.05, 0.1) is 26.4 Å². The molecule has 0 aliphatic rings. The van der Waals surface area contributed by atoms with E-state index in [1.165, 1.54) is 154 Å². The minimum absolute atomic E-state index is 0.103. The molecule has 0 rings (SSSR count). The average Bonchev–Trinajstić information content (AvgIpc) is 3.71. The van der Waals surface area contributed by atoms with Gasteiger partial charge in [-0.2, -0.15) is 0 Å². The summed E-state index contributed by atoms with van der Waals surface area (Å²) < 4.78 is 68.1. The number of esters is 4. The van der Waals surface area contributed by atoms with Crippen LogP contribution in [0.25, 0.3) is 0 Å². The summed E-state index contributed by atoms with van der Waals surface area (Å²) in [6.45, 7) is 9.49. The molecule has 0 aromatic heterocycles. The molecule has 87 heavy (non-hydrogen) atoms. The molecule has 19 heteroatoms. The smallest absolute Gasteiger partial charge is 0.462 e. The summed E-state index contributed by atoms with van der Waals surface area (Å²) >= 11 is 0. The largest absolute Gasteiger partial charge is 0.472 e. The van der Waals surface area contributed by atoms with Crippen molar-refractivity contribution in [1.29, 1.82) is 0 Å². The number of carbonyl (C=O) groups excluding carboxylic acids is 4. The van der Waals surface area contributed by atoms with Crippen molar-refractivity contribution in [2.24, 2.45) is 11.8 Å². The maximum absolute atomic E-state index is 13.0. The molecule has 7 atom stereocenters. The van der Waals surface area contributed by atoms with Gasteiger partial charge in [0.15, 0.2) is 12.2 Å². The third kappa shape index (κ3) is 60.1. The Morgan fingerprint density at radius 3 is 0.816 bits per heavy atom. The lowest BCUT2D eigenvalue weighted by Crippen LogP contribution is -2.30. The lowest BCUT2D eigenvalue weighted by Gasteiger charge is -2.21. The van der Waals surface area contributed by atoms with E-state index in [9.17, 15) is 43.2 Å². The van der Waals surface area contributed by atoms with Gasteiger partial charge in [-0.3, -0.25) is 37.3 Å². The third-order valence-electron chi connectivity index (χ3n) is 16.4. The van der Waals surface area contributed by atoms with Crippen LogP contribution in [0.2, 0.25) is 0 Å². The van der Waals surface area contributed by atoms with Crippen LogP contribution in [0, 0.1) is 11.8 Å². The van der Waals surface area contributed by atoms with E-state index in [-0.39, 0.29) is 25.7 Å². The number of unbranched alkanes of at least 4 members (excludes halogenated alkanes) is 35. The molecule has 0 radical (unpaired) electrons. The van der Waals surface area contributed by atoms with Crippen molar-refractivity contribution in [2.75, 3.05) is 39.6 Å². The van der Waals surface area contributed by atoms with Gasteiger partial charge >= 0.3 is 39.5 Å². The molecule has 0 aromatic carbocycles. The first-order valence-electron chi connectivity index (χ1n) is 35.6. The molecule has 3 N–H and O–H groups in total.